The highest BCUT2D eigenvalue weighted by Gasteiger charge is 2.33. The Morgan fingerprint density at radius 2 is 2.00 bits per heavy atom. The number of ether oxygens (including phenoxy) is 1. The van der Waals surface area contributed by atoms with Gasteiger partial charge in [0.1, 0.15) is 0 Å². The van der Waals surface area contributed by atoms with Gasteiger partial charge >= 0.3 is 6.03 Å². The quantitative estimate of drug-likeness (QED) is 0.840. The molecule has 7 nitrogen and oxygen atoms in total. The molecule has 1 atom stereocenters. The zero-order valence-electron chi connectivity index (χ0n) is 14.3. The van der Waals surface area contributed by atoms with E-state index in [0.29, 0.717) is 52.2 Å². The number of nitrogens with one attached hydrogen (secondary N) is 1. The summed E-state index contributed by atoms with van der Waals surface area (Å²) in [7, 11) is 0. The zero-order chi connectivity index (χ0) is 17.7. The van der Waals surface area contributed by atoms with Crippen LogP contribution >= 0.6 is 11.3 Å². The Balaban J connectivity index is 1.50. The summed E-state index contributed by atoms with van der Waals surface area (Å²) in [6, 6.07) is 3.53. The van der Waals surface area contributed by atoms with Gasteiger partial charge in [0.25, 0.3) is 5.91 Å². The van der Waals surface area contributed by atoms with Crippen molar-refractivity contribution in [1.82, 2.24) is 15.1 Å². The summed E-state index contributed by atoms with van der Waals surface area (Å²) in [5.74, 6) is 0.0246. The molecule has 2 N–H and O–H groups in total. The summed E-state index contributed by atoms with van der Waals surface area (Å²) in [5.41, 5.74) is -0.966. The number of nitrogens with zero attached hydrogens (tertiary/aromatic N) is 2. The van der Waals surface area contributed by atoms with Crippen LogP contribution in [0.3, 0.4) is 0 Å². The van der Waals surface area contributed by atoms with Crippen molar-refractivity contribution in [2.45, 2.75) is 24.9 Å². The number of carbonyl (C=O) groups excluding carboxylic acids is 2. The molecule has 25 heavy (non-hydrogen) atoms. The van der Waals surface area contributed by atoms with E-state index in [4.69, 9.17) is 4.74 Å². The summed E-state index contributed by atoms with van der Waals surface area (Å²) < 4.78 is 5.24. The molecule has 2 aliphatic heterocycles. The van der Waals surface area contributed by atoms with Gasteiger partial charge in [-0.05, 0) is 30.7 Å². The molecule has 2 aliphatic rings. The normalized spacial score (nSPS) is 24.7. The molecule has 8 heteroatoms. The fourth-order valence-corrected chi connectivity index (χ4v) is 3.92. The van der Waals surface area contributed by atoms with Crippen LogP contribution < -0.4 is 5.32 Å². The van der Waals surface area contributed by atoms with E-state index < -0.39 is 5.60 Å². The van der Waals surface area contributed by atoms with Gasteiger partial charge in [-0.25, -0.2) is 4.79 Å². The average molecular weight is 367 g/mol. The van der Waals surface area contributed by atoms with Crippen molar-refractivity contribution in [3.8, 4) is 0 Å². The third-order valence-electron chi connectivity index (χ3n) is 4.80. The van der Waals surface area contributed by atoms with E-state index in [1.165, 1.54) is 11.3 Å². The number of hydrogen-bond acceptors (Lipinski definition) is 5. The molecule has 0 saturated carbocycles. The summed E-state index contributed by atoms with van der Waals surface area (Å²) in [5, 5.41) is 15.6. The van der Waals surface area contributed by atoms with Crippen molar-refractivity contribution in [3.63, 3.8) is 0 Å². The van der Waals surface area contributed by atoms with Crippen molar-refractivity contribution in [1.29, 1.82) is 0 Å². The zero-order valence-corrected chi connectivity index (χ0v) is 15.1. The van der Waals surface area contributed by atoms with Crippen LogP contribution in [0, 0.1) is 0 Å². The van der Waals surface area contributed by atoms with Gasteiger partial charge in [-0.1, -0.05) is 6.07 Å². The van der Waals surface area contributed by atoms with E-state index in [1.807, 2.05) is 17.5 Å². The van der Waals surface area contributed by atoms with Gasteiger partial charge in [-0.15, -0.1) is 11.3 Å². The summed E-state index contributed by atoms with van der Waals surface area (Å²) in [6.07, 6.45) is 1.76. The smallest absolute Gasteiger partial charge is 0.317 e. The molecule has 3 amide bonds. The lowest BCUT2D eigenvalue weighted by Crippen LogP contribution is -2.51. The molecule has 1 aromatic heterocycles. The number of aliphatic hydroxyl groups is 1. The second-order valence-corrected chi connectivity index (χ2v) is 7.55. The minimum Gasteiger partial charge on any atom is -0.388 e. The molecule has 0 aliphatic carbocycles. The molecule has 1 aromatic rings. The van der Waals surface area contributed by atoms with E-state index in [1.54, 1.807) is 9.80 Å². The van der Waals surface area contributed by atoms with Gasteiger partial charge in [0, 0.05) is 32.7 Å². The number of carbonyl (C=O) groups is 2. The topological polar surface area (TPSA) is 82.1 Å². The lowest BCUT2D eigenvalue weighted by atomic mass is 9.95. The van der Waals surface area contributed by atoms with Gasteiger partial charge in [-0.3, -0.25) is 4.79 Å². The number of likely N-dealkylation sites (tertiary alicyclic amines) is 1. The van der Waals surface area contributed by atoms with Gasteiger partial charge in [-0.2, -0.15) is 0 Å². The maximum Gasteiger partial charge on any atom is 0.317 e. The average Bonchev–Trinajstić information content (AvgIpc) is 3.10. The minimum absolute atomic E-state index is 0.0246. The molecular weight excluding hydrogens is 342 g/mol. The molecule has 0 spiro atoms. The van der Waals surface area contributed by atoms with Crippen molar-refractivity contribution in [3.05, 3.63) is 22.4 Å². The Kier molecular flexibility index (Phi) is 5.93. The first-order chi connectivity index (χ1) is 12.1. The number of hydrogen-bond donors (Lipinski definition) is 2. The maximum atomic E-state index is 12.5. The predicted octanol–water partition coefficient (Wildman–Crippen LogP) is 1.15. The number of amides is 3. The van der Waals surface area contributed by atoms with Crippen molar-refractivity contribution >= 4 is 23.3 Å². The molecular formula is C17H25N3O4S. The van der Waals surface area contributed by atoms with E-state index in [-0.39, 0.29) is 18.5 Å². The first-order valence-corrected chi connectivity index (χ1v) is 9.61. The second kappa shape index (κ2) is 8.16. The Morgan fingerprint density at radius 1 is 1.20 bits per heavy atom. The number of urea groups is 1. The Hall–Kier alpha value is -1.64. The Bertz CT molecular complexity index is 589. The monoisotopic (exact) mass is 367 g/mol. The highest BCUT2D eigenvalue weighted by atomic mass is 32.1. The fraction of sp³-hybridized carbons (Fsp3) is 0.647. The van der Waals surface area contributed by atoms with E-state index >= 15 is 0 Å². The van der Waals surface area contributed by atoms with E-state index in [0.717, 1.165) is 11.3 Å². The third kappa shape index (κ3) is 4.71. The van der Waals surface area contributed by atoms with Crippen LogP contribution in [-0.4, -0.2) is 78.4 Å². The van der Waals surface area contributed by atoms with Crippen LogP contribution in [0.4, 0.5) is 4.79 Å². The molecule has 0 unspecified atom stereocenters. The van der Waals surface area contributed by atoms with Crippen LogP contribution in [0.1, 0.15) is 28.9 Å². The first-order valence-electron chi connectivity index (χ1n) is 8.73. The van der Waals surface area contributed by atoms with E-state index in [2.05, 4.69) is 5.32 Å². The Labute approximate surface area is 151 Å². The summed E-state index contributed by atoms with van der Waals surface area (Å²) >= 11 is 1.43. The van der Waals surface area contributed by atoms with Crippen LogP contribution in [0.15, 0.2) is 17.5 Å². The largest absolute Gasteiger partial charge is 0.388 e. The fourth-order valence-electron chi connectivity index (χ4n) is 3.23. The van der Waals surface area contributed by atoms with Gasteiger partial charge in [0.05, 0.1) is 23.7 Å². The van der Waals surface area contributed by atoms with E-state index in [9.17, 15) is 14.7 Å². The highest BCUT2D eigenvalue weighted by Crippen LogP contribution is 2.23. The Morgan fingerprint density at radius 3 is 2.72 bits per heavy atom. The minimum atomic E-state index is -0.966. The molecule has 138 valence electrons. The lowest BCUT2D eigenvalue weighted by Gasteiger charge is -2.31. The van der Waals surface area contributed by atoms with Crippen molar-refractivity contribution < 1.29 is 19.4 Å². The number of rotatable bonds is 3. The molecule has 0 bridgehead atoms. The van der Waals surface area contributed by atoms with Crippen molar-refractivity contribution in [2.75, 3.05) is 45.9 Å². The molecule has 0 radical (unpaired) electrons. The molecule has 2 fully saturated rings. The van der Waals surface area contributed by atoms with Crippen LogP contribution in [-0.2, 0) is 4.74 Å². The van der Waals surface area contributed by atoms with Crippen LogP contribution in [0.25, 0.3) is 0 Å². The molecule has 3 heterocycles. The number of thiophene rings is 1. The molecule has 3 rings (SSSR count). The SMILES string of the molecule is O=C(NC[C@]1(O)CCCN(C(=O)c2cccs2)CC1)N1CCOCC1. The lowest BCUT2D eigenvalue weighted by molar-refractivity contribution is 0.0227. The summed E-state index contributed by atoms with van der Waals surface area (Å²) in [4.78, 5) is 28.9. The third-order valence-corrected chi connectivity index (χ3v) is 5.66. The van der Waals surface area contributed by atoms with Crippen LogP contribution in [0.2, 0.25) is 0 Å². The highest BCUT2D eigenvalue weighted by molar-refractivity contribution is 7.12. The molecule has 2 saturated heterocycles. The second-order valence-electron chi connectivity index (χ2n) is 6.61. The van der Waals surface area contributed by atoms with Crippen molar-refractivity contribution in [2.24, 2.45) is 0 Å². The maximum absolute atomic E-state index is 12.5. The summed E-state index contributed by atoms with van der Waals surface area (Å²) in [6.45, 7) is 3.61. The van der Waals surface area contributed by atoms with Gasteiger partial charge in [0.2, 0.25) is 0 Å². The number of morpholine rings is 1. The molecule has 0 aromatic carbocycles. The van der Waals surface area contributed by atoms with Crippen LogP contribution in [0.5, 0.6) is 0 Å². The van der Waals surface area contributed by atoms with Gasteiger partial charge < -0.3 is 25.0 Å². The standard InChI is InChI=1S/C17H25N3O4S/c21-15(14-3-1-12-25-14)19-6-2-4-17(23,5-7-19)13-18-16(22)20-8-10-24-11-9-20/h1,3,12,23H,2,4-11,13H2,(H,18,22)/t17-/m0/s1. The predicted molar refractivity (Wildman–Crippen MR) is 94.8 cm³/mol. The van der Waals surface area contributed by atoms with Gasteiger partial charge in [0.15, 0.2) is 0 Å². The first kappa shape index (κ1) is 18.2.